The molecule has 0 radical (unpaired) electrons. The predicted molar refractivity (Wildman–Crippen MR) is 121 cm³/mol. The quantitative estimate of drug-likeness (QED) is 0.591. The molecule has 2 aromatic carbocycles. The summed E-state index contributed by atoms with van der Waals surface area (Å²) in [7, 11) is 0. The maximum absolute atomic E-state index is 12.8. The molecule has 0 spiro atoms. The number of benzene rings is 2. The van der Waals surface area contributed by atoms with Gasteiger partial charge in [0.15, 0.2) is 0 Å². The van der Waals surface area contributed by atoms with Gasteiger partial charge in [-0.3, -0.25) is 19.4 Å². The van der Waals surface area contributed by atoms with E-state index in [-0.39, 0.29) is 23.8 Å². The molecule has 0 aliphatic carbocycles. The highest BCUT2D eigenvalue weighted by molar-refractivity contribution is 5.92. The zero-order valence-corrected chi connectivity index (χ0v) is 18.5. The Balaban J connectivity index is 1.27. The van der Waals surface area contributed by atoms with Crippen molar-refractivity contribution < 1.29 is 22.7 Å². The molecule has 180 valence electrons. The Morgan fingerprint density at radius 3 is 2.26 bits per heavy atom. The summed E-state index contributed by atoms with van der Waals surface area (Å²) in [5, 5.41) is 8.61. The minimum Gasteiger partial charge on any atom is -0.406 e. The standard InChI is InChI=1S/C23H24F3N5O3/c1-16-19-4-2-3-5-20(19)22(33)31(28-16)15-30-12-10-29(11-13-30)14-21(32)27-17-6-8-18(9-7-17)34-23(24,25)26/h2-9H,10-15H2,1H3,(H,27,32). The van der Waals surface area contributed by atoms with E-state index in [0.717, 1.165) is 23.2 Å². The lowest BCUT2D eigenvalue weighted by molar-refractivity contribution is -0.274. The molecule has 1 aliphatic rings. The number of carbonyl (C=O) groups excluding carboxylic acids is 1. The Hall–Kier alpha value is -3.44. The number of hydrogen-bond acceptors (Lipinski definition) is 6. The number of aromatic nitrogens is 2. The van der Waals surface area contributed by atoms with Crippen molar-refractivity contribution in [1.82, 2.24) is 19.6 Å². The summed E-state index contributed by atoms with van der Waals surface area (Å²) < 4.78 is 42.0. The summed E-state index contributed by atoms with van der Waals surface area (Å²) in [6.07, 6.45) is -4.76. The van der Waals surface area contributed by atoms with E-state index in [9.17, 15) is 22.8 Å². The van der Waals surface area contributed by atoms with Gasteiger partial charge in [-0.2, -0.15) is 5.10 Å². The SMILES string of the molecule is Cc1nn(CN2CCN(CC(=O)Nc3ccc(OC(F)(F)F)cc3)CC2)c(=O)c2ccccc12. The number of fused-ring (bicyclic) bond motifs is 1. The third-order valence-corrected chi connectivity index (χ3v) is 5.59. The molecular formula is C23H24F3N5O3. The summed E-state index contributed by atoms with van der Waals surface area (Å²) in [6, 6.07) is 12.4. The van der Waals surface area contributed by atoms with Crippen molar-refractivity contribution in [2.24, 2.45) is 0 Å². The zero-order chi connectivity index (χ0) is 24.3. The number of amides is 1. The van der Waals surface area contributed by atoms with Crippen LogP contribution in [0.15, 0.2) is 53.3 Å². The molecule has 0 unspecified atom stereocenters. The molecule has 4 rings (SSSR count). The lowest BCUT2D eigenvalue weighted by Crippen LogP contribution is -2.49. The van der Waals surface area contributed by atoms with Gasteiger partial charge in [-0.15, -0.1) is 13.2 Å². The number of hydrogen-bond donors (Lipinski definition) is 1. The van der Waals surface area contributed by atoms with E-state index in [0.29, 0.717) is 43.9 Å². The van der Waals surface area contributed by atoms with E-state index in [1.54, 1.807) is 6.07 Å². The van der Waals surface area contributed by atoms with E-state index in [2.05, 4.69) is 20.1 Å². The number of piperazine rings is 1. The molecule has 1 aliphatic heterocycles. The molecule has 0 atom stereocenters. The molecule has 1 fully saturated rings. The molecule has 3 aromatic rings. The van der Waals surface area contributed by atoms with Gasteiger partial charge in [-0.05, 0) is 37.3 Å². The maximum atomic E-state index is 12.8. The van der Waals surface area contributed by atoms with Crippen molar-refractivity contribution in [2.75, 3.05) is 38.0 Å². The van der Waals surface area contributed by atoms with Crippen LogP contribution in [-0.4, -0.2) is 64.6 Å². The number of rotatable bonds is 6. The molecule has 1 amide bonds. The van der Waals surface area contributed by atoms with Crippen LogP contribution >= 0.6 is 0 Å². The van der Waals surface area contributed by atoms with E-state index < -0.39 is 6.36 Å². The fourth-order valence-electron chi connectivity index (χ4n) is 3.92. The van der Waals surface area contributed by atoms with Gasteiger partial charge < -0.3 is 10.1 Å². The summed E-state index contributed by atoms with van der Waals surface area (Å²) in [4.78, 5) is 29.2. The Bertz CT molecular complexity index is 1220. The fourth-order valence-corrected chi connectivity index (χ4v) is 3.92. The number of aryl methyl sites for hydroxylation is 1. The van der Waals surface area contributed by atoms with E-state index >= 15 is 0 Å². The van der Waals surface area contributed by atoms with Crippen LogP contribution < -0.4 is 15.6 Å². The highest BCUT2D eigenvalue weighted by atomic mass is 19.4. The molecular weight excluding hydrogens is 451 g/mol. The first-order valence-electron chi connectivity index (χ1n) is 10.7. The van der Waals surface area contributed by atoms with Crippen LogP contribution in [0.4, 0.5) is 18.9 Å². The van der Waals surface area contributed by atoms with Gasteiger partial charge in [0.1, 0.15) is 5.75 Å². The second-order valence-electron chi connectivity index (χ2n) is 8.09. The van der Waals surface area contributed by atoms with Crippen molar-refractivity contribution in [3.63, 3.8) is 0 Å². The van der Waals surface area contributed by atoms with Crippen LogP contribution in [0.3, 0.4) is 0 Å². The highest BCUT2D eigenvalue weighted by Gasteiger charge is 2.31. The summed E-state index contributed by atoms with van der Waals surface area (Å²) in [5.41, 5.74) is 1.05. The second-order valence-corrected chi connectivity index (χ2v) is 8.09. The molecule has 1 N–H and O–H groups in total. The molecule has 1 saturated heterocycles. The number of ether oxygens (including phenoxy) is 1. The third-order valence-electron chi connectivity index (χ3n) is 5.59. The molecule has 1 aromatic heterocycles. The molecule has 34 heavy (non-hydrogen) atoms. The van der Waals surface area contributed by atoms with E-state index in [1.807, 2.05) is 30.0 Å². The minimum absolute atomic E-state index is 0.130. The van der Waals surface area contributed by atoms with Crippen LogP contribution in [0.2, 0.25) is 0 Å². The highest BCUT2D eigenvalue weighted by Crippen LogP contribution is 2.24. The van der Waals surface area contributed by atoms with E-state index in [4.69, 9.17) is 0 Å². The lowest BCUT2D eigenvalue weighted by Gasteiger charge is -2.34. The second kappa shape index (κ2) is 9.82. The van der Waals surface area contributed by atoms with Crippen LogP contribution in [-0.2, 0) is 11.5 Å². The Morgan fingerprint density at radius 1 is 1.00 bits per heavy atom. The number of alkyl halides is 3. The van der Waals surface area contributed by atoms with Crippen molar-refractivity contribution in [3.8, 4) is 5.75 Å². The average Bonchev–Trinajstić information content (AvgIpc) is 2.79. The Morgan fingerprint density at radius 2 is 1.62 bits per heavy atom. The Labute approximate surface area is 193 Å². The van der Waals surface area contributed by atoms with Gasteiger partial charge >= 0.3 is 6.36 Å². The van der Waals surface area contributed by atoms with Gasteiger partial charge in [0.05, 0.1) is 24.3 Å². The fraction of sp³-hybridized carbons (Fsp3) is 0.348. The van der Waals surface area contributed by atoms with Crippen LogP contribution in [0.5, 0.6) is 5.75 Å². The molecule has 8 nitrogen and oxygen atoms in total. The maximum Gasteiger partial charge on any atom is 0.573 e. The van der Waals surface area contributed by atoms with Crippen LogP contribution in [0.1, 0.15) is 5.69 Å². The smallest absolute Gasteiger partial charge is 0.406 e. The van der Waals surface area contributed by atoms with Gasteiger partial charge in [0, 0.05) is 37.3 Å². The predicted octanol–water partition coefficient (Wildman–Crippen LogP) is 2.82. The van der Waals surface area contributed by atoms with Gasteiger partial charge in [-0.1, -0.05) is 18.2 Å². The summed E-state index contributed by atoms with van der Waals surface area (Å²) >= 11 is 0. The topological polar surface area (TPSA) is 79.7 Å². The van der Waals surface area contributed by atoms with E-state index in [1.165, 1.54) is 16.8 Å². The van der Waals surface area contributed by atoms with Gasteiger partial charge in [0.25, 0.3) is 5.56 Å². The van der Waals surface area contributed by atoms with Crippen molar-refractivity contribution in [2.45, 2.75) is 20.0 Å². The monoisotopic (exact) mass is 475 g/mol. The van der Waals surface area contributed by atoms with Crippen LogP contribution in [0.25, 0.3) is 10.8 Å². The van der Waals surface area contributed by atoms with Crippen molar-refractivity contribution in [3.05, 3.63) is 64.6 Å². The number of carbonyl (C=O) groups is 1. The zero-order valence-electron chi connectivity index (χ0n) is 18.5. The normalized spacial score (nSPS) is 15.4. The van der Waals surface area contributed by atoms with Crippen molar-refractivity contribution in [1.29, 1.82) is 0 Å². The largest absolute Gasteiger partial charge is 0.573 e. The first-order valence-corrected chi connectivity index (χ1v) is 10.7. The molecule has 11 heteroatoms. The summed E-state index contributed by atoms with van der Waals surface area (Å²) in [5.74, 6) is -0.613. The summed E-state index contributed by atoms with van der Waals surface area (Å²) in [6.45, 7) is 5.00. The molecule has 2 heterocycles. The van der Waals surface area contributed by atoms with Gasteiger partial charge in [-0.25, -0.2) is 4.68 Å². The number of anilines is 1. The van der Waals surface area contributed by atoms with Gasteiger partial charge in [0.2, 0.25) is 5.91 Å². The molecule has 0 bridgehead atoms. The number of nitrogens with zero attached hydrogens (tertiary/aromatic N) is 4. The molecule has 0 saturated carbocycles. The van der Waals surface area contributed by atoms with Crippen molar-refractivity contribution >= 4 is 22.4 Å². The number of nitrogens with one attached hydrogen (secondary N) is 1. The minimum atomic E-state index is -4.76. The lowest BCUT2D eigenvalue weighted by atomic mass is 10.1. The number of halogens is 3. The average molecular weight is 475 g/mol. The van der Waals surface area contributed by atoms with Crippen LogP contribution in [0, 0.1) is 6.92 Å². The first kappa shape index (κ1) is 23.7. The Kier molecular flexibility index (Phi) is 6.85. The first-order chi connectivity index (χ1) is 16.2. The third kappa shape index (κ3) is 5.91.